The van der Waals surface area contributed by atoms with Crippen LogP contribution in [-0.2, 0) is 19.2 Å². The van der Waals surface area contributed by atoms with Crippen molar-refractivity contribution in [3.63, 3.8) is 0 Å². The number of ether oxygens (including phenoxy) is 1. The molecule has 1 amide bonds. The maximum absolute atomic E-state index is 10.8. The van der Waals surface area contributed by atoms with Gasteiger partial charge in [0.2, 0.25) is 6.61 Å². The minimum atomic E-state index is -0.603. The Balaban J connectivity index is 3.61. The number of carbonyl (C=O) groups is 2. The molecule has 0 spiro atoms. The van der Waals surface area contributed by atoms with Crippen molar-refractivity contribution >= 4 is 18.1 Å². The van der Waals surface area contributed by atoms with Crippen LogP contribution in [0.15, 0.2) is 5.16 Å². The van der Waals surface area contributed by atoms with Gasteiger partial charge in [-0.3, -0.25) is 9.59 Å². The van der Waals surface area contributed by atoms with Crippen LogP contribution in [-0.4, -0.2) is 38.4 Å². The van der Waals surface area contributed by atoms with Crippen LogP contribution in [0.5, 0.6) is 0 Å². The van der Waals surface area contributed by atoms with E-state index < -0.39 is 11.9 Å². The Kier molecular flexibility index (Phi) is 6.41. The van der Waals surface area contributed by atoms with Crippen molar-refractivity contribution in [2.45, 2.75) is 0 Å². The molecule has 0 aliphatic heterocycles. The molecule has 1 N–H and O–H groups in total. The van der Waals surface area contributed by atoms with Gasteiger partial charge in [-0.2, -0.15) is 5.26 Å². The highest BCUT2D eigenvalue weighted by Gasteiger charge is 2.01. The van der Waals surface area contributed by atoms with Gasteiger partial charge in [0, 0.05) is 0 Å². The molecule has 0 rings (SSSR count). The van der Waals surface area contributed by atoms with Crippen molar-refractivity contribution in [3.8, 4) is 6.07 Å². The molecular weight excluding hydrogens is 190 g/mol. The number of nitriles is 1. The SMILES string of the molecule is COC(=O)CNC(=O)/C=N/OCC#N. The summed E-state index contributed by atoms with van der Waals surface area (Å²) in [6, 6.07) is 1.66. The number of amides is 1. The molecule has 7 heteroatoms. The Morgan fingerprint density at radius 1 is 1.64 bits per heavy atom. The molecule has 0 radical (unpaired) electrons. The number of carbonyl (C=O) groups excluding carboxylic acids is 2. The molecule has 0 aromatic carbocycles. The molecule has 0 saturated carbocycles. The monoisotopic (exact) mass is 199 g/mol. The lowest BCUT2D eigenvalue weighted by atomic mass is 10.6. The minimum absolute atomic E-state index is 0.235. The summed E-state index contributed by atoms with van der Waals surface area (Å²) >= 11 is 0. The van der Waals surface area contributed by atoms with Crippen molar-refractivity contribution in [3.05, 3.63) is 0 Å². The molecule has 0 aromatic rings. The third-order valence-electron chi connectivity index (χ3n) is 1.01. The second-order valence-corrected chi connectivity index (χ2v) is 1.96. The molecule has 0 heterocycles. The lowest BCUT2D eigenvalue weighted by Gasteiger charge is -1.98. The smallest absolute Gasteiger partial charge is 0.325 e. The van der Waals surface area contributed by atoms with Gasteiger partial charge in [0.25, 0.3) is 5.91 Å². The predicted molar refractivity (Wildman–Crippen MR) is 45.1 cm³/mol. The third-order valence-corrected chi connectivity index (χ3v) is 1.01. The number of rotatable bonds is 5. The van der Waals surface area contributed by atoms with E-state index in [9.17, 15) is 9.59 Å². The van der Waals surface area contributed by atoms with Crippen LogP contribution in [0.4, 0.5) is 0 Å². The van der Waals surface area contributed by atoms with E-state index in [2.05, 4.69) is 20.0 Å². The summed E-state index contributed by atoms with van der Waals surface area (Å²) in [7, 11) is 1.21. The number of methoxy groups -OCH3 is 1. The Morgan fingerprint density at radius 2 is 2.36 bits per heavy atom. The zero-order chi connectivity index (χ0) is 10.8. The molecule has 0 saturated heterocycles. The summed E-state index contributed by atoms with van der Waals surface area (Å²) in [5, 5.41) is 13.4. The van der Waals surface area contributed by atoms with Gasteiger partial charge in [-0.25, -0.2) is 0 Å². The van der Waals surface area contributed by atoms with Gasteiger partial charge in [-0.05, 0) is 0 Å². The van der Waals surface area contributed by atoms with Crippen LogP contribution in [0.2, 0.25) is 0 Å². The Bertz CT molecular complexity index is 269. The summed E-state index contributed by atoms with van der Waals surface area (Å²) in [5.74, 6) is -1.17. The van der Waals surface area contributed by atoms with E-state index >= 15 is 0 Å². The molecule has 7 nitrogen and oxygen atoms in total. The fourth-order valence-corrected chi connectivity index (χ4v) is 0.428. The van der Waals surface area contributed by atoms with Crippen molar-refractivity contribution in [1.29, 1.82) is 5.26 Å². The molecule has 0 aromatic heterocycles. The van der Waals surface area contributed by atoms with Crippen molar-refractivity contribution in [2.75, 3.05) is 20.3 Å². The number of nitrogens with zero attached hydrogens (tertiary/aromatic N) is 2. The second kappa shape index (κ2) is 7.54. The van der Waals surface area contributed by atoms with Crippen LogP contribution in [0.25, 0.3) is 0 Å². The highest BCUT2D eigenvalue weighted by molar-refractivity contribution is 6.26. The fraction of sp³-hybridized carbons (Fsp3) is 0.429. The van der Waals surface area contributed by atoms with Gasteiger partial charge in [0.1, 0.15) is 18.8 Å². The summed E-state index contributed by atoms with van der Waals surface area (Å²) < 4.78 is 4.27. The number of hydrogen-bond donors (Lipinski definition) is 1. The normalized spacial score (nSPS) is 9.14. The number of oxime groups is 1. The molecule has 76 valence electrons. The molecule has 0 unspecified atom stereocenters. The van der Waals surface area contributed by atoms with Crippen LogP contribution in [0.3, 0.4) is 0 Å². The van der Waals surface area contributed by atoms with Gasteiger partial charge in [-0.15, -0.1) is 0 Å². The standard InChI is InChI=1S/C7H9N3O4/c1-13-7(12)5-9-6(11)4-10-14-3-2-8/h4H,3,5H2,1H3,(H,9,11)/b10-4+. The van der Waals surface area contributed by atoms with Crippen molar-refractivity contribution in [1.82, 2.24) is 5.32 Å². The average molecular weight is 199 g/mol. The second-order valence-electron chi connectivity index (χ2n) is 1.96. The third kappa shape index (κ3) is 6.60. The first-order valence-corrected chi connectivity index (χ1v) is 3.57. The molecule has 0 fully saturated rings. The zero-order valence-corrected chi connectivity index (χ0v) is 7.52. The van der Waals surface area contributed by atoms with Gasteiger partial charge in [0.15, 0.2) is 0 Å². The largest absolute Gasteiger partial charge is 0.468 e. The number of esters is 1. The molecule has 0 atom stereocenters. The van der Waals surface area contributed by atoms with E-state index in [4.69, 9.17) is 5.26 Å². The summed E-state index contributed by atoms with van der Waals surface area (Å²) in [6.07, 6.45) is 0.820. The van der Waals surface area contributed by atoms with Crippen molar-refractivity contribution < 1.29 is 19.2 Å². The van der Waals surface area contributed by atoms with E-state index in [1.807, 2.05) is 0 Å². The van der Waals surface area contributed by atoms with Crippen LogP contribution >= 0.6 is 0 Å². The maximum Gasteiger partial charge on any atom is 0.325 e. The summed E-state index contributed by atoms with van der Waals surface area (Å²) in [6.45, 7) is -0.472. The van der Waals surface area contributed by atoms with Gasteiger partial charge in [-0.1, -0.05) is 5.16 Å². The topological polar surface area (TPSA) is 101 Å². The molecule has 14 heavy (non-hydrogen) atoms. The van der Waals surface area contributed by atoms with Crippen LogP contribution in [0.1, 0.15) is 0 Å². The zero-order valence-electron chi connectivity index (χ0n) is 7.52. The average Bonchev–Trinajstić information content (AvgIpc) is 2.21. The first-order chi connectivity index (χ1) is 6.70. The Morgan fingerprint density at radius 3 is 2.93 bits per heavy atom. The van der Waals surface area contributed by atoms with E-state index in [1.54, 1.807) is 6.07 Å². The fourth-order valence-electron chi connectivity index (χ4n) is 0.428. The van der Waals surface area contributed by atoms with E-state index in [-0.39, 0.29) is 13.2 Å². The number of nitrogens with one attached hydrogen (secondary N) is 1. The lowest BCUT2D eigenvalue weighted by molar-refractivity contribution is -0.140. The lowest BCUT2D eigenvalue weighted by Crippen LogP contribution is -2.30. The van der Waals surface area contributed by atoms with Crippen LogP contribution < -0.4 is 5.32 Å². The number of hydrogen-bond acceptors (Lipinski definition) is 6. The van der Waals surface area contributed by atoms with Gasteiger partial charge in [0.05, 0.1) is 7.11 Å². The first kappa shape index (κ1) is 11.9. The van der Waals surface area contributed by atoms with E-state index in [0.29, 0.717) is 0 Å². The van der Waals surface area contributed by atoms with Crippen molar-refractivity contribution in [2.24, 2.45) is 5.16 Å². The Hall–Kier alpha value is -2.10. The van der Waals surface area contributed by atoms with Crippen LogP contribution in [0, 0.1) is 11.3 Å². The summed E-state index contributed by atoms with van der Waals surface area (Å²) in [4.78, 5) is 25.7. The molecular formula is C7H9N3O4. The highest BCUT2D eigenvalue weighted by Crippen LogP contribution is 1.73. The minimum Gasteiger partial charge on any atom is -0.468 e. The van der Waals surface area contributed by atoms with Gasteiger partial charge >= 0.3 is 5.97 Å². The van der Waals surface area contributed by atoms with E-state index in [1.165, 1.54) is 7.11 Å². The Labute approximate surface area is 80.3 Å². The summed E-state index contributed by atoms with van der Waals surface area (Å²) in [5.41, 5.74) is 0. The quantitative estimate of drug-likeness (QED) is 0.259. The van der Waals surface area contributed by atoms with Gasteiger partial charge < -0.3 is 14.9 Å². The first-order valence-electron chi connectivity index (χ1n) is 3.57. The van der Waals surface area contributed by atoms with E-state index in [0.717, 1.165) is 6.21 Å². The highest BCUT2D eigenvalue weighted by atomic mass is 16.6. The molecule has 0 aliphatic carbocycles. The predicted octanol–water partition coefficient (Wildman–Crippen LogP) is -1.20. The molecule has 0 aliphatic rings. The molecule has 0 bridgehead atoms. The maximum atomic E-state index is 10.8.